The number of aliphatic carboxylic acids is 1. The standard InChI is InChI=1S/C10H16N4O4S/c1-9(2,19(3,17)18)7-11-12-13-14(7)6-10(4-5-10)8(15)16/h4-6H2,1-3H3,(H,15,16). The van der Waals surface area contributed by atoms with Crippen molar-refractivity contribution in [2.45, 2.75) is 38.0 Å². The maximum Gasteiger partial charge on any atom is 0.311 e. The first-order valence-corrected chi connectivity index (χ1v) is 7.69. The van der Waals surface area contributed by atoms with Crippen LogP contribution in [0.15, 0.2) is 0 Å². The van der Waals surface area contributed by atoms with Crippen molar-refractivity contribution in [3.05, 3.63) is 5.82 Å². The number of aromatic nitrogens is 4. The molecule has 1 fully saturated rings. The van der Waals surface area contributed by atoms with Crippen molar-refractivity contribution in [2.24, 2.45) is 5.41 Å². The number of carboxylic acids is 1. The molecule has 8 nitrogen and oxygen atoms in total. The van der Waals surface area contributed by atoms with Crippen LogP contribution < -0.4 is 0 Å². The smallest absolute Gasteiger partial charge is 0.311 e. The van der Waals surface area contributed by atoms with Crippen LogP contribution in [-0.2, 0) is 25.9 Å². The molecule has 0 unspecified atom stereocenters. The van der Waals surface area contributed by atoms with E-state index >= 15 is 0 Å². The zero-order valence-corrected chi connectivity index (χ0v) is 11.8. The van der Waals surface area contributed by atoms with Crippen molar-refractivity contribution in [3.8, 4) is 0 Å². The van der Waals surface area contributed by atoms with Gasteiger partial charge in [-0.05, 0) is 37.1 Å². The second kappa shape index (κ2) is 3.99. The molecule has 2 rings (SSSR count). The van der Waals surface area contributed by atoms with E-state index in [2.05, 4.69) is 15.5 Å². The highest BCUT2D eigenvalue weighted by molar-refractivity contribution is 7.91. The van der Waals surface area contributed by atoms with Crippen molar-refractivity contribution < 1.29 is 18.3 Å². The van der Waals surface area contributed by atoms with E-state index in [1.807, 2.05) is 0 Å². The number of tetrazole rings is 1. The fourth-order valence-corrected chi connectivity index (χ4v) is 2.26. The van der Waals surface area contributed by atoms with E-state index in [0.29, 0.717) is 12.8 Å². The van der Waals surface area contributed by atoms with Gasteiger partial charge in [-0.15, -0.1) is 5.10 Å². The lowest BCUT2D eigenvalue weighted by atomic mass is 10.1. The molecular weight excluding hydrogens is 272 g/mol. The molecule has 19 heavy (non-hydrogen) atoms. The van der Waals surface area contributed by atoms with Gasteiger partial charge in [-0.1, -0.05) is 0 Å². The van der Waals surface area contributed by atoms with Gasteiger partial charge in [-0.25, -0.2) is 13.1 Å². The normalized spacial score (nSPS) is 18.3. The van der Waals surface area contributed by atoms with E-state index in [0.717, 1.165) is 6.26 Å². The Morgan fingerprint density at radius 2 is 2.05 bits per heavy atom. The third-order valence-corrected chi connectivity index (χ3v) is 5.79. The molecule has 1 aromatic heterocycles. The molecule has 1 aliphatic carbocycles. The lowest BCUT2D eigenvalue weighted by Crippen LogP contribution is -2.34. The molecule has 1 saturated carbocycles. The minimum Gasteiger partial charge on any atom is -0.481 e. The van der Waals surface area contributed by atoms with Gasteiger partial charge in [0.25, 0.3) is 0 Å². The van der Waals surface area contributed by atoms with Crippen LogP contribution in [0, 0.1) is 5.41 Å². The lowest BCUT2D eigenvalue weighted by molar-refractivity contribution is -0.144. The van der Waals surface area contributed by atoms with Crippen LogP contribution in [-0.4, -0.2) is 46.0 Å². The Hall–Kier alpha value is -1.51. The number of carboxylic acid groups (broad SMARTS) is 1. The second-order valence-electron chi connectivity index (χ2n) is 5.53. The summed E-state index contributed by atoms with van der Waals surface area (Å²) in [7, 11) is -3.41. The number of rotatable bonds is 5. The Morgan fingerprint density at radius 1 is 1.47 bits per heavy atom. The number of carbonyl (C=O) groups is 1. The predicted molar refractivity (Wildman–Crippen MR) is 65.0 cm³/mol. The van der Waals surface area contributed by atoms with E-state index in [-0.39, 0.29) is 12.4 Å². The van der Waals surface area contributed by atoms with E-state index in [1.54, 1.807) is 0 Å². The van der Waals surface area contributed by atoms with E-state index < -0.39 is 26.0 Å². The Bertz CT molecular complexity index is 615. The minimum absolute atomic E-state index is 0.101. The van der Waals surface area contributed by atoms with E-state index in [1.165, 1.54) is 18.5 Å². The molecule has 1 aromatic rings. The highest BCUT2D eigenvalue weighted by Crippen LogP contribution is 2.47. The van der Waals surface area contributed by atoms with Crippen LogP contribution in [0.4, 0.5) is 0 Å². The summed E-state index contributed by atoms with van der Waals surface area (Å²) in [5, 5.41) is 20.1. The molecule has 0 aliphatic heterocycles. The molecular formula is C10H16N4O4S. The number of hydrogen-bond donors (Lipinski definition) is 1. The summed E-state index contributed by atoms with van der Waals surface area (Å²) in [4.78, 5) is 11.2. The summed E-state index contributed by atoms with van der Waals surface area (Å²) >= 11 is 0. The summed E-state index contributed by atoms with van der Waals surface area (Å²) in [6, 6.07) is 0. The van der Waals surface area contributed by atoms with Crippen LogP contribution >= 0.6 is 0 Å². The molecule has 1 N–H and O–H groups in total. The zero-order chi connectivity index (χ0) is 14.5. The molecule has 0 radical (unpaired) electrons. The van der Waals surface area contributed by atoms with E-state index in [9.17, 15) is 13.2 Å². The van der Waals surface area contributed by atoms with Crippen LogP contribution in [0.3, 0.4) is 0 Å². The molecule has 0 spiro atoms. The Kier molecular flexibility index (Phi) is 2.92. The highest BCUT2D eigenvalue weighted by atomic mass is 32.2. The zero-order valence-electron chi connectivity index (χ0n) is 11.0. The second-order valence-corrected chi connectivity index (χ2v) is 8.09. The highest BCUT2D eigenvalue weighted by Gasteiger charge is 2.52. The van der Waals surface area contributed by atoms with E-state index in [4.69, 9.17) is 5.11 Å². The topological polar surface area (TPSA) is 115 Å². The van der Waals surface area contributed by atoms with Gasteiger partial charge < -0.3 is 5.11 Å². The minimum atomic E-state index is -3.41. The van der Waals surface area contributed by atoms with Crippen molar-refractivity contribution >= 4 is 15.8 Å². The summed E-state index contributed by atoms with van der Waals surface area (Å²) in [6.45, 7) is 3.11. The number of sulfone groups is 1. The molecule has 0 aromatic carbocycles. The number of hydrogen-bond acceptors (Lipinski definition) is 6. The molecule has 1 aliphatic rings. The van der Waals surface area contributed by atoms with Crippen LogP contribution in [0.2, 0.25) is 0 Å². The first-order valence-electron chi connectivity index (χ1n) is 5.80. The summed E-state index contributed by atoms with van der Waals surface area (Å²) in [5.41, 5.74) is -0.849. The van der Waals surface area contributed by atoms with Gasteiger partial charge in [0.2, 0.25) is 0 Å². The average molecular weight is 288 g/mol. The quantitative estimate of drug-likeness (QED) is 0.798. The lowest BCUT2D eigenvalue weighted by Gasteiger charge is -2.22. The predicted octanol–water partition coefficient (Wildman–Crippen LogP) is -0.182. The van der Waals surface area contributed by atoms with Gasteiger partial charge in [-0.3, -0.25) is 4.79 Å². The van der Waals surface area contributed by atoms with Gasteiger partial charge >= 0.3 is 5.97 Å². The van der Waals surface area contributed by atoms with Crippen molar-refractivity contribution in [1.29, 1.82) is 0 Å². The molecule has 106 valence electrons. The first-order chi connectivity index (χ1) is 8.60. The molecule has 0 bridgehead atoms. The maximum atomic E-state index is 11.8. The van der Waals surface area contributed by atoms with Gasteiger partial charge in [0.05, 0.1) is 12.0 Å². The largest absolute Gasteiger partial charge is 0.481 e. The van der Waals surface area contributed by atoms with Crippen molar-refractivity contribution in [2.75, 3.05) is 6.26 Å². The molecule has 0 amide bonds. The first kappa shape index (κ1) is 13.9. The van der Waals surface area contributed by atoms with Crippen LogP contribution in [0.25, 0.3) is 0 Å². The third kappa shape index (κ3) is 2.22. The molecule has 1 heterocycles. The van der Waals surface area contributed by atoms with Gasteiger partial charge in [-0.2, -0.15) is 0 Å². The van der Waals surface area contributed by atoms with Crippen LogP contribution in [0.1, 0.15) is 32.5 Å². The third-order valence-electron chi connectivity index (χ3n) is 3.76. The summed E-state index contributed by atoms with van der Waals surface area (Å²) < 4.78 is 23.6. The van der Waals surface area contributed by atoms with Gasteiger partial charge in [0.15, 0.2) is 15.7 Å². The van der Waals surface area contributed by atoms with Gasteiger partial charge in [0, 0.05) is 6.26 Å². The maximum absolute atomic E-state index is 11.8. The van der Waals surface area contributed by atoms with Crippen LogP contribution in [0.5, 0.6) is 0 Å². The molecule has 0 atom stereocenters. The fraction of sp³-hybridized carbons (Fsp3) is 0.800. The van der Waals surface area contributed by atoms with Crippen molar-refractivity contribution in [3.63, 3.8) is 0 Å². The molecule has 9 heteroatoms. The average Bonchev–Trinajstić information content (AvgIpc) is 2.87. The Balaban J connectivity index is 2.37. The fourth-order valence-electron chi connectivity index (χ4n) is 1.79. The monoisotopic (exact) mass is 288 g/mol. The van der Waals surface area contributed by atoms with Gasteiger partial charge in [0.1, 0.15) is 4.75 Å². The summed E-state index contributed by atoms with van der Waals surface area (Å²) in [6.07, 6.45) is 2.22. The van der Waals surface area contributed by atoms with Crippen molar-refractivity contribution in [1.82, 2.24) is 20.2 Å². The number of nitrogens with zero attached hydrogens (tertiary/aromatic N) is 4. The SMILES string of the molecule is CC(C)(c1nnnn1CC1(C(=O)O)CC1)S(C)(=O)=O. The summed E-state index contributed by atoms with van der Waals surface area (Å²) in [5.74, 6) is -0.728. The Labute approximate surface area is 110 Å². The molecule has 0 saturated heterocycles. The Morgan fingerprint density at radius 3 is 2.47 bits per heavy atom.